The molecule has 0 saturated carbocycles. The zero-order valence-corrected chi connectivity index (χ0v) is 12.7. The lowest BCUT2D eigenvalue weighted by molar-refractivity contribution is -0.137. The second-order valence-corrected chi connectivity index (χ2v) is 5.32. The van der Waals surface area contributed by atoms with Gasteiger partial charge in [-0.25, -0.2) is 4.68 Å². The molecular weight excluding hydrogens is 341 g/mol. The predicted molar refractivity (Wildman–Crippen MR) is 81.5 cm³/mol. The molecule has 1 aromatic heterocycles. The number of benzene rings is 2. The molecule has 0 saturated heterocycles. The van der Waals surface area contributed by atoms with Gasteiger partial charge in [0.1, 0.15) is 6.07 Å². The van der Waals surface area contributed by atoms with Crippen molar-refractivity contribution >= 4 is 11.6 Å². The molecule has 0 aliphatic rings. The molecule has 0 atom stereocenters. The lowest BCUT2D eigenvalue weighted by atomic mass is 10.1. The average molecular weight is 349 g/mol. The van der Waals surface area contributed by atoms with Gasteiger partial charge in [0.25, 0.3) is 0 Å². The van der Waals surface area contributed by atoms with Crippen molar-refractivity contribution in [1.29, 1.82) is 5.26 Å². The van der Waals surface area contributed by atoms with E-state index in [1.165, 1.54) is 35.1 Å². The summed E-state index contributed by atoms with van der Waals surface area (Å²) in [6.45, 7) is 0. The van der Waals surface area contributed by atoms with E-state index in [4.69, 9.17) is 11.6 Å². The quantitative estimate of drug-likeness (QED) is 0.686. The number of aromatic nitrogens is 3. The van der Waals surface area contributed by atoms with Crippen molar-refractivity contribution in [1.82, 2.24) is 15.0 Å². The van der Waals surface area contributed by atoms with E-state index in [-0.39, 0.29) is 11.1 Å². The lowest BCUT2D eigenvalue weighted by Gasteiger charge is -2.11. The second-order valence-electron chi connectivity index (χ2n) is 4.88. The number of alkyl halides is 3. The summed E-state index contributed by atoms with van der Waals surface area (Å²) < 4.78 is 40.0. The van der Waals surface area contributed by atoms with Gasteiger partial charge in [0.05, 0.1) is 28.7 Å². The molecular formula is C16H8ClF3N4. The molecule has 3 aromatic rings. The number of hydrogen-bond donors (Lipinski definition) is 0. The number of rotatable bonds is 2. The van der Waals surface area contributed by atoms with Gasteiger partial charge < -0.3 is 0 Å². The van der Waals surface area contributed by atoms with E-state index < -0.39 is 11.7 Å². The van der Waals surface area contributed by atoms with Crippen molar-refractivity contribution in [2.75, 3.05) is 0 Å². The Hall–Kier alpha value is -2.85. The first-order valence-corrected chi connectivity index (χ1v) is 7.06. The van der Waals surface area contributed by atoms with Gasteiger partial charge in [-0.05, 0) is 30.3 Å². The monoisotopic (exact) mass is 348 g/mol. The highest BCUT2D eigenvalue weighted by Gasteiger charge is 2.30. The minimum Gasteiger partial charge on any atom is -0.211 e. The maximum absolute atomic E-state index is 12.9. The van der Waals surface area contributed by atoms with E-state index in [0.29, 0.717) is 16.4 Å². The van der Waals surface area contributed by atoms with Gasteiger partial charge in [-0.2, -0.15) is 18.4 Å². The normalized spacial score (nSPS) is 11.3. The van der Waals surface area contributed by atoms with Crippen LogP contribution >= 0.6 is 11.6 Å². The Kier molecular flexibility index (Phi) is 3.99. The maximum atomic E-state index is 12.9. The predicted octanol–water partition coefficient (Wildman–Crippen LogP) is 4.48. The topological polar surface area (TPSA) is 54.5 Å². The number of halogens is 4. The van der Waals surface area contributed by atoms with Gasteiger partial charge in [-0.3, -0.25) is 0 Å². The van der Waals surface area contributed by atoms with Gasteiger partial charge in [0.2, 0.25) is 0 Å². The summed E-state index contributed by atoms with van der Waals surface area (Å²) in [5.74, 6) is 0. The summed E-state index contributed by atoms with van der Waals surface area (Å²) in [5.41, 5.74) is 0.436. The van der Waals surface area contributed by atoms with E-state index in [0.717, 1.165) is 12.1 Å². The number of nitriles is 1. The van der Waals surface area contributed by atoms with Crippen LogP contribution in [0.5, 0.6) is 0 Å². The first kappa shape index (κ1) is 16.0. The third-order valence-electron chi connectivity index (χ3n) is 3.34. The fraction of sp³-hybridized carbons (Fsp3) is 0.0625. The van der Waals surface area contributed by atoms with Crippen LogP contribution in [0.15, 0.2) is 48.7 Å². The van der Waals surface area contributed by atoms with Crippen molar-refractivity contribution in [2.24, 2.45) is 0 Å². The Labute approximate surface area is 139 Å². The molecule has 0 fully saturated rings. The standard InChI is InChI=1S/C16H8ClF3N4/c17-13-5-4-11(8-21)14(7-13)24-15(9-22-23-24)10-2-1-3-12(6-10)16(18,19)20/h1-7,9H. The van der Waals surface area contributed by atoms with Crippen LogP contribution in [0.1, 0.15) is 11.1 Å². The van der Waals surface area contributed by atoms with E-state index in [9.17, 15) is 18.4 Å². The van der Waals surface area contributed by atoms with Crippen molar-refractivity contribution in [3.63, 3.8) is 0 Å². The third kappa shape index (κ3) is 2.96. The molecule has 0 radical (unpaired) electrons. The zero-order valence-electron chi connectivity index (χ0n) is 11.9. The van der Waals surface area contributed by atoms with Gasteiger partial charge in [-0.1, -0.05) is 28.9 Å². The molecule has 24 heavy (non-hydrogen) atoms. The summed E-state index contributed by atoms with van der Waals surface area (Å²) in [7, 11) is 0. The Morgan fingerprint density at radius 1 is 1.12 bits per heavy atom. The van der Waals surface area contributed by atoms with Crippen LogP contribution in [0.25, 0.3) is 16.9 Å². The van der Waals surface area contributed by atoms with Crippen LogP contribution in [-0.4, -0.2) is 15.0 Å². The molecule has 0 N–H and O–H groups in total. The molecule has 0 spiro atoms. The summed E-state index contributed by atoms with van der Waals surface area (Å²) in [6, 6.07) is 11.4. The number of nitrogens with zero attached hydrogens (tertiary/aromatic N) is 4. The summed E-state index contributed by atoms with van der Waals surface area (Å²) in [5, 5.41) is 17.2. The van der Waals surface area contributed by atoms with Crippen molar-refractivity contribution in [3.8, 4) is 23.0 Å². The third-order valence-corrected chi connectivity index (χ3v) is 3.58. The minimum absolute atomic E-state index is 0.276. The zero-order chi connectivity index (χ0) is 17.3. The van der Waals surface area contributed by atoms with Gasteiger partial charge in [0, 0.05) is 10.6 Å². The molecule has 120 valence electrons. The highest BCUT2D eigenvalue weighted by atomic mass is 35.5. The summed E-state index contributed by atoms with van der Waals surface area (Å²) >= 11 is 5.95. The number of hydrogen-bond acceptors (Lipinski definition) is 3. The molecule has 4 nitrogen and oxygen atoms in total. The van der Waals surface area contributed by atoms with Crippen LogP contribution in [0, 0.1) is 11.3 Å². The van der Waals surface area contributed by atoms with E-state index in [1.54, 1.807) is 6.07 Å². The van der Waals surface area contributed by atoms with Gasteiger partial charge >= 0.3 is 6.18 Å². The molecule has 0 amide bonds. The van der Waals surface area contributed by atoms with Crippen molar-refractivity contribution < 1.29 is 13.2 Å². The Morgan fingerprint density at radius 3 is 2.62 bits per heavy atom. The molecule has 3 rings (SSSR count). The maximum Gasteiger partial charge on any atom is 0.416 e. The molecule has 0 aliphatic heterocycles. The Morgan fingerprint density at radius 2 is 1.92 bits per heavy atom. The molecule has 2 aromatic carbocycles. The summed E-state index contributed by atoms with van der Waals surface area (Å²) in [6.07, 6.45) is -3.13. The first-order valence-electron chi connectivity index (χ1n) is 6.68. The highest BCUT2D eigenvalue weighted by molar-refractivity contribution is 6.30. The highest BCUT2D eigenvalue weighted by Crippen LogP contribution is 2.33. The molecule has 0 unspecified atom stereocenters. The molecule has 8 heteroatoms. The van der Waals surface area contributed by atoms with E-state index >= 15 is 0 Å². The largest absolute Gasteiger partial charge is 0.416 e. The fourth-order valence-corrected chi connectivity index (χ4v) is 2.41. The smallest absolute Gasteiger partial charge is 0.211 e. The van der Waals surface area contributed by atoms with E-state index in [2.05, 4.69) is 10.3 Å². The molecule has 0 aliphatic carbocycles. The second kappa shape index (κ2) is 5.98. The van der Waals surface area contributed by atoms with Crippen LogP contribution in [0.3, 0.4) is 0 Å². The SMILES string of the molecule is N#Cc1ccc(Cl)cc1-n1nncc1-c1cccc(C(F)(F)F)c1. The van der Waals surface area contributed by atoms with Gasteiger partial charge in [0.15, 0.2) is 0 Å². The van der Waals surface area contributed by atoms with Crippen LogP contribution in [0.2, 0.25) is 5.02 Å². The Balaban J connectivity index is 2.17. The van der Waals surface area contributed by atoms with Crippen LogP contribution < -0.4 is 0 Å². The average Bonchev–Trinajstić information content (AvgIpc) is 3.03. The van der Waals surface area contributed by atoms with Crippen LogP contribution in [0.4, 0.5) is 13.2 Å². The lowest BCUT2D eigenvalue weighted by Crippen LogP contribution is -2.06. The van der Waals surface area contributed by atoms with Crippen molar-refractivity contribution in [3.05, 3.63) is 64.8 Å². The van der Waals surface area contributed by atoms with E-state index in [1.807, 2.05) is 6.07 Å². The molecule has 0 bridgehead atoms. The van der Waals surface area contributed by atoms with Crippen molar-refractivity contribution in [2.45, 2.75) is 6.18 Å². The minimum atomic E-state index is -4.46. The van der Waals surface area contributed by atoms with Crippen LogP contribution in [-0.2, 0) is 6.18 Å². The molecule has 1 heterocycles. The summed E-state index contributed by atoms with van der Waals surface area (Å²) in [4.78, 5) is 0. The Bertz CT molecular complexity index is 941. The van der Waals surface area contributed by atoms with Gasteiger partial charge in [-0.15, -0.1) is 5.10 Å². The fourth-order valence-electron chi connectivity index (χ4n) is 2.24. The first-order chi connectivity index (χ1) is 11.4.